The number of hydrogen-bond acceptors (Lipinski definition) is 3. The molecule has 5 heteroatoms. The molecule has 84 valence electrons. The van der Waals surface area contributed by atoms with Crippen molar-refractivity contribution in [1.29, 1.82) is 0 Å². The summed E-state index contributed by atoms with van der Waals surface area (Å²) >= 11 is -0.929. The van der Waals surface area contributed by atoms with Crippen molar-refractivity contribution in [3.05, 3.63) is 24.3 Å². The number of carbonyl (C=O) groups is 1. The summed E-state index contributed by atoms with van der Waals surface area (Å²) in [5.41, 5.74) is -0.540. The van der Waals surface area contributed by atoms with Gasteiger partial charge in [-0.15, -0.1) is 0 Å². The van der Waals surface area contributed by atoms with Gasteiger partial charge in [-0.1, -0.05) is 0 Å². The Morgan fingerprint density at radius 2 is 1.81 bits per heavy atom. The number of carbonyl (C=O) groups excluding carboxylic acids is 1. The molecule has 1 rings (SSSR count). The first kappa shape index (κ1) is 13.7. The fraction of sp³-hybridized carbons (Fsp3) is 0.364. The zero-order valence-electron chi connectivity index (χ0n) is 9.41. The summed E-state index contributed by atoms with van der Waals surface area (Å²) in [6.45, 7) is 5.37. The van der Waals surface area contributed by atoms with Crippen LogP contribution in [0.1, 0.15) is 20.8 Å². The second kappa shape index (κ2) is 5.83. The van der Waals surface area contributed by atoms with Crippen molar-refractivity contribution in [3.63, 3.8) is 0 Å². The van der Waals surface area contributed by atoms with E-state index in [2.05, 4.69) is 0 Å². The predicted octanol–water partition coefficient (Wildman–Crippen LogP) is 2.86. The van der Waals surface area contributed by atoms with Gasteiger partial charge in [0.05, 0.1) is 0 Å². The van der Waals surface area contributed by atoms with Gasteiger partial charge >= 0.3 is 111 Å². The SMILES string of the molecule is CC(C)(C)OC(=O)Oc1cc[c]([Zr+2][Cl])cc1. The molecule has 0 bridgehead atoms. The molecular formula is C11H13ClO3Zr+2. The number of benzene rings is 1. The van der Waals surface area contributed by atoms with Crippen molar-refractivity contribution in [2.75, 3.05) is 0 Å². The van der Waals surface area contributed by atoms with Gasteiger partial charge in [0.25, 0.3) is 0 Å². The Morgan fingerprint density at radius 3 is 2.25 bits per heavy atom. The molecule has 0 aliphatic carbocycles. The fourth-order valence-corrected chi connectivity index (χ4v) is 2.42. The Labute approximate surface area is 110 Å². The van der Waals surface area contributed by atoms with Gasteiger partial charge in [0.2, 0.25) is 0 Å². The second-order valence-electron chi connectivity index (χ2n) is 4.19. The van der Waals surface area contributed by atoms with E-state index in [1.165, 1.54) is 0 Å². The standard InChI is InChI=1S/C11H13O3.ClH.Zr/c1-11(2,3)14-10(12)13-9-7-5-4-6-8-9;;/h5-8H,1-3H3;1H;/q;;+3/p-1. The minimum atomic E-state index is -0.929. The quantitative estimate of drug-likeness (QED) is 0.621. The van der Waals surface area contributed by atoms with Crippen LogP contribution in [0.3, 0.4) is 0 Å². The third kappa shape index (κ3) is 5.13. The van der Waals surface area contributed by atoms with E-state index in [1.807, 2.05) is 12.1 Å². The summed E-state index contributed by atoms with van der Waals surface area (Å²) in [7, 11) is 5.81. The average Bonchev–Trinajstić information content (AvgIpc) is 2.16. The number of ether oxygens (including phenoxy) is 2. The van der Waals surface area contributed by atoms with Gasteiger partial charge in [0.15, 0.2) is 0 Å². The van der Waals surface area contributed by atoms with Gasteiger partial charge in [0, 0.05) is 0 Å². The summed E-state index contributed by atoms with van der Waals surface area (Å²) < 4.78 is 11.2. The molecule has 3 nitrogen and oxygen atoms in total. The normalized spacial score (nSPS) is 10.5. The zero-order chi connectivity index (χ0) is 12.2. The molecule has 0 fully saturated rings. The molecule has 0 saturated carbocycles. The van der Waals surface area contributed by atoms with Crippen LogP contribution in [0.4, 0.5) is 4.79 Å². The molecular weight excluding hydrogens is 307 g/mol. The number of hydrogen-bond donors (Lipinski definition) is 0. The molecule has 0 aliphatic rings. The van der Waals surface area contributed by atoms with Crippen molar-refractivity contribution in [2.45, 2.75) is 26.4 Å². The molecule has 0 spiro atoms. The number of rotatable bonds is 2. The van der Waals surface area contributed by atoms with Crippen LogP contribution < -0.4 is 8.01 Å². The van der Waals surface area contributed by atoms with Crippen molar-refractivity contribution < 1.29 is 36.3 Å². The number of halogens is 1. The van der Waals surface area contributed by atoms with Crippen LogP contribution in [-0.4, -0.2) is 11.8 Å². The van der Waals surface area contributed by atoms with Crippen LogP contribution in [0.5, 0.6) is 5.75 Å². The zero-order valence-corrected chi connectivity index (χ0v) is 12.6. The van der Waals surface area contributed by atoms with E-state index in [1.54, 1.807) is 32.9 Å². The maximum absolute atomic E-state index is 11.3. The molecule has 0 N–H and O–H groups in total. The van der Waals surface area contributed by atoms with E-state index in [4.69, 9.17) is 18.0 Å². The summed E-state index contributed by atoms with van der Waals surface area (Å²) in [5, 5.41) is 0. The summed E-state index contributed by atoms with van der Waals surface area (Å²) in [6.07, 6.45) is -0.689. The third-order valence-corrected chi connectivity index (χ3v) is 4.20. The Kier molecular flexibility index (Phi) is 5.00. The Morgan fingerprint density at radius 1 is 1.25 bits per heavy atom. The molecule has 0 radical (unpaired) electrons. The van der Waals surface area contributed by atoms with Crippen LogP contribution in [0.15, 0.2) is 24.3 Å². The monoisotopic (exact) mass is 318 g/mol. The minimum absolute atomic E-state index is 0.475. The Hall–Kier alpha value is -0.337. The molecule has 0 heterocycles. The van der Waals surface area contributed by atoms with Gasteiger partial charge in [0.1, 0.15) is 0 Å². The molecule has 1 aromatic rings. The molecule has 0 aromatic heterocycles. The van der Waals surface area contributed by atoms with Crippen molar-refractivity contribution in [3.8, 4) is 5.75 Å². The molecule has 1 aromatic carbocycles. The summed E-state index contributed by atoms with van der Waals surface area (Å²) in [5.74, 6) is 0.475. The van der Waals surface area contributed by atoms with E-state index < -0.39 is 33.8 Å². The van der Waals surface area contributed by atoms with Crippen LogP contribution >= 0.6 is 8.51 Å². The van der Waals surface area contributed by atoms with Gasteiger partial charge in [-0.05, 0) is 0 Å². The van der Waals surface area contributed by atoms with Crippen LogP contribution in [-0.2, 0) is 26.8 Å². The molecule has 0 atom stereocenters. The third-order valence-electron chi connectivity index (χ3n) is 1.55. The van der Waals surface area contributed by atoms with Gasteiger partial charge in [-0.2, -0.15) is 0 Å². The first-order chi connectivity index (χ1) is 7.40. The molecule has 16 heavy (non-hydrogen) atoms. The van der Waals surface area contributed by atoms with E-state index in [0.717, 1.165) is 3.27 Å². The maximum atomic E-state index is 11.3. The van der Waals surface area contributed by atoms with Gasteiger partial charge in [-0.25, -0.2) is 0 Å². The molecule has 0 saturated heterocycles. The van der Waals surface area contributed by atoms with E-state index in [0.29, 0.717) is 5.75 Å². The Bertz CT molecular complexity index is 356. The molecule has 0 unspecified atom stereocenters. The van der Waals surface area contributed by atoms with Gasteiger partial charge in [-0.3, -0.25) is 0 Å². The summed E-state index contributed by atoms with van der Waals surface area (Å²) in [6, 6.07) is 7.20. The Balaban J connectivity index is 2.56. The topological polar surface area (TPSA) is 35.5 Å². The van der Waals surface area contributed by atoms with Crippen LogP contribution in [0.2, 0.25) is 0 Å². The van der Waals surface area contributed by atoms with Crippen LogP contribution in [0, 0.1) is 0 Å². The average molecular weight is 320 g/mol. The van der Waals surface area contributed by atoms with Crippen molar-refractivity contribution >= 4 is 17.9 Å². The van der Waals surface area contributed by atoms with Gasteiger partial charge < -0.3 is 0 Å². The fourth-order valence-electron chi connectivity index (χ4n) is 0.953. The molecule has 0 aliphatic heterocycles. The van der Waals surface area contributed by atoms with Crippen molar-refractivity contribution in [1.82, 2.24) is 0 Å². The predicted molar refractivity (Wildman–Crippen MR) is 58.8 cm³/mol. The first-order valence-electron chi connectivity index (χ1n) is 4.78. The van der Waals surface area contributed by atoms with E-state index in [9.17, 15) is 4.79 Å². The second-order valence-corrected chi connectivity index (χ2v) is 7.19. The van der Waals surface area contributed by atoms with Crippen LogP contribution in [0.25, 0.3) is 0 Å². The summed E-state index contributed by atoms with van der Waals surface area (Å²) in [4.78, 5) is 11.3. The van der Waals surface area contributed by atoms with E-state index in [-0.39, 0.29) is 0 Å². The van der Waals surface area contributed by atoms with E-state index >= 15 is 0 Å². The first-order valence-corrected chi connectivity index (χ1v) is 9.18. The molecule has 0 amide bonds. The van der Waals surface area contributed by atoms with Crippen molar-refractivity contribution in [2.24, 2.45) is 0 Å².